The summed E-state index contributed by atoms with van der Waals surface area (Å²) < 4.78 is 24.6. The number of aliphatic hydroxyl groups excluding tert-OH is 2. The highest BCUT2D eigenvalue weighted by Gasteiger charge is 2.50. The Morgan fingerprint density at radius 1 is 1.20 bits per heavy atom. The van der Waals surface area contributed by atoms with Crippen LogP contribution < -0.4 is 10.4 Å². The molecule has 0 radical (unpaired) electrons. The second-order valence-electron chi connectivity index (χ2n) is 11.1. The standard InChI is InChI=1S/C31H36N4O9/c1-17-22(42-30-26(38)25(37)28(40-5)31(3,4)44-30)10-9-20-24(36)23(29(39)43-27(17)20)18(2)34-41-13-7-12-35-15-21(33-16-35)19-8-6-11-32-14-19/h6,8-11,14-16,25-26,28,30,36-38H,7,12-13H2,1-5H3/t25-,26+,28+,30+/m0/s1. The molecule has 1 saturated heterocycles. The number of imidazole rings is 1. The SMILES string of the molecule is CO[C@@H]1[C@@H](O)[C@@H](O)[C@H](Oc2ccc3c(O)c(C(C)=NOCCCn4cnc(-c5cccnc5)c4)c(=O)oc3c2C)OC1(C)C. The molecule has 13 nitrogen and oxygen atoms in total. The van der Waals surface area contributed by atoms with Gasteiger partial charge in [-0.2, -0.15) is 0 Å². The van der Waals surface area contributed by atoms with E-state index in [1.165, 1.54) is 13.2 Å². The van der Waals surface area contributed by atoms with Crippen molar-refractivity contribution in [2.45, 2.75) is 70.9 Å². The number of rotatable bonds is 10. The third kappa shape index (κ3) is 6.17. The van der Waals surface area contributed by atoms with Crippen molar-refractivity contribution in [2.75, 3.05) is 13.7 Å². The summed E-state index contributed by atoms with van der Waals surface area (Å²) in [5.74, 6) is -0.0829. The Labute approximate surface area is 253 Å². The van der Waals surface area contributed by atoms with Crippen LogP contribution in [-0.2, 0) is 20.9 Å². The summed E-state index contributed by atoms with van der Waals surface area (Å²) in [6.07, 6.45) is 3.06. The second kappa shape index (κ2) is 12.7. The predicted octanol–water partition coefficient (Wildman–Crippen LogP) is 3.15. The van der Waals surface area contributed by atoms with Crippen LogP contribution in [0, 0.1) is 6.92 Å². The van der Waals surface area contributed by atoms with Crippen LogP contribution in [0.3, 0.4) is 0 Å². The zero-order valence-corrected chi connectivity index (χ0v) is 25.1. The first-order valence-corrected chi connectivity index (χ1v) is 14.1. The number of ether oxygens (including phenoxy) is 3. The van der Waals surface area contributed by atoms with Gasteiger partial charge in [0.25, 0.3) is 0 Å². The summed E-state index contributed by atoms with van der Waals surface area (Å²) in [5, 5.41) is 36.5. The van der Waals surface area contributed by atoms with Gasteiger partial charge < -0.3 is 43.4 Å². The summed E-state index contributed by atoms with van der Waals surface area (Å²) in [6.45, 7) is 7.51. The number of aliphatic hydroxyl groups is 2. The van der Waals surface area contributed by atoms with E-state index in [-0.39, 0.29) is 40.4 Å². The van der Waals surface area contributed by atoms with Crippen molar-refractivity contribution in [3.8, 4) is 22.8 Å². The maximum atomic E-state index is 13.0. The van der Waals surface area contributed by atoms with Gasteiger partial charge in [0.05, 0.1) is 28.7 Å². The maximum absolute atomic E-state index is 13.0. The summed E-state index contributed by atoms with van der Waals surface area (Å²) in [7, 11) is 1.42. The molecule has 3 N–H and O–H groups in total. The fourth-order valence-corrected chi connectivity index (χ4v) is 5.29. The molecule has 0 amide bonds. The molecule has 4 heterocycles. The lowest BCUT2D eigenvalue weighted by Crippen LogP contribution is -2.63. The van der Waals surface area contributed by atoms with Gasteiger partial charge in [0.2, 0.25) is 6.29 Å². The molecule has 0 aliphatic carbocycles. The molecule has 0 bridgehead atoms. The number of methoxy groups -OCH3 is 1. The fourth-order valence-electron chi connectivity index (χ4n) is 5.29. The van der Waals surface area contributed by atoms with Crippen molar-refractivity contribution in [1.82, 2.24) is 14.5 Å². The topological polar surface area (TPSA) is 171 Å². The van der Waals surface area contributed by atoms with Gasteiger partial charge in [-0.1, -0.05) is 5.16 Å². The summed E-state index contributed by atoms with van der Waals surface area (Å²) in [6, 6.07) is 6.87. The third-order valence-corrected chi connectivity index (χ3v) is 7.59. The Hall–Kier alpha value is -4.30. The monoisotopic (exact) mass is 608 g/mol. The first-order chi connectivity index (χ1) is 21.0. The Morgan fingerprint density at radius 3 is 2.73 bits per heavy atom. The molecule has 3 aromatic heterocycles. The molecule has 44 heavy (non-hydrogen) atoms. The largest absolute Gasteiger partial charge is 0.506 e. The van der Waals surface area contributed by atoms with Crippen molar-refractivity contribution in [2.24, 2.45) is 5.16 Å². The minimum Gasteiger partial charge on any atom is -0.506 e. The zero-order valence-electron chi connectivity index (χ0n) is 25.1. The van der Waals surface area contributed by atoms with E-state index >= 15 is 0 Å². The van der Waals surface area contributed by atoms with Gasteiger partial charge in [-0.3, -0.25) is 4.98 Å². The molecule has 1 aliphatic heterocycles. The summed E-state index contributed by atoms with van der Waals surface area (Å²) in [5.41, 5.74) is 0.479. The first kappa shape index (κ1) is 31.1. The van der Waals surface area contributed by atoms with Crippen LogP contribution in [0.25, 0.3) is 22.2 Å². The quantitative estimate of drug-likeness (QED) is 0.105. The zero-order chi connectivity index (χ0) is 31.6. The van der Waals surface area contributed by atoms with Crippen LogP contribution in [0.4, 0.5) is 0 Å². The number of nitrogens with zero attached hydrogens (tertiary/aromatic N) is 4. The molecule has 0 spiro atoms. The molecule has 1 fully saturated rings. The smallest absolute Gasteiger partial charge is 0.349 e. The molecule has 1 aliphatic rings. The molecule has 234 valence electrons. The van der Waals surface area contributed by atoms with Crippen LogP contribution >= 0.6 is 0 Å². The number of benzene rings is 1. The van der Waals surface area contributed by atoms with Gasteiger partial charge in [-0.15, -0.1) is 0 Å². The van der Waals surface area contributed by atoms with Crippen molar-refractivity contribution >= 4 is 16.7 Å². The molecule has 13 heteroatoms. The van der Waals surface area contributed by atoms with Crippen molar-refractivity contribution in [1.29, 1.82) is 0 Å². The van der Waals surface area contributed by atoms with Gasteiger partial charge in [0.15, 0.2) is 0 Å². The molecular weight excluding hydrogens is 572 g/mol. The number of pyridine rings is 1. The highest BCUT2D eigenvalue weighted by molar-refractivity contribution is 6.04. The van der Waals surface area contributed by atoms with E-state index < -0.39 is 35.8 Å². The highest BCUT2D eigenvalue weighted by Crippen LogP contribution is 2.37. The molecular formula is C31H36N4O9. The Balaban J connectivity index is 1.26. The van der Waals surface area contributed by atoms with Gasteiger partial charge in [0, 0.05) is 49.8 Å². The maximum Gasteiger partial charge on any atom is 0.349 e. The van der Waals surface area contributed by atoms with Crippen LogP contribution in [0.15, 0.2) is 63.6 Å². The van der Waals surface area contributed by atoms with Crippen molar-refractivity contribution in [3.05, 3.63) is 70.7 Å². The number of hydrogen-bond donors (Lipinski definition) is 3. The molecule has 5 rings (SSSR count). The number of aromatic nitrogens is 3. The van der Waals surface area contributed by atoms with E-state index in [9.17, 15) is 20.1 Å². The van der Waals surface area contributed by atoms with Crippen LogP contribution in [0.5, 0.6) is 11.5 Å². The minimum atomic E-state index is -1.41. The van der Waals surface area contributed by atoms with Gasteiger partial charge >= 0.3 is 5.63 Å². The molecule has 4 aromatic rings. The third-order valence-electron chi connectivity index (χ3n) is 7.59. The lowest BCUT2D eigenvalue weighted by molar-refractivity contribution is -0.306. The molecule has 1 aromatic carbocycles. The Morgan fingerprint density at radius 2 is 2.00 bits per heavy atom. The fraction of sp³-hybridized carbons (Fsp3) is 0.419. The minimum absolute atomic E-state index is 0.0910. The summed E-state index contributed by atoms with van der Waals surface area (Å²) >= 11 is 0. The van der Waals surface area contributed by atoms with E-state index in [4.69, 9.17) is 23.5 Å². The van der Waals surface area contributed by atoms with Crippen LogP contribution in [0.2, 0.25) is 0 Å². The van der Waals surface area contributed by atoms with E-state index in [2.05, 4.69) is 15.1 Å². The Bertz CT molecular complexity index is 1700. The number of oxime groups is 1. The van der Waals surface area contributed by atoms with E-state index in [1.54, 1.807) is 52.5 Å². The number of fused-ring (bicyclic) bond motifs is 1. The molecule has 0 unspecified atom stereocenters. The van der Waals surface area contributed by atoms with Crippen LogP contribution in [-0.4, -0.2) is 79.5 Å². The van der Waals surface area contributed by atoms with E-state index in [0.29, 0.717) is 18.5 Å². The number of hydrogen-bond acceptors (Lipinski definition) is 12. The van der Waals surface area contributed by atoms with Crippen molar-refractivity contribution < 1.29 is 38.8 Å². The molecule has 4 atom stereocenters. The van der Waals surface area contributed by atoms with E-state index in [1.807, 2.05) is 22.9 Å². The number of aromatic hydroxyl groups is 1. The van der Waals surface area contributed by atoms with Gasteiger partial charge in [-0.05, 0) is 52.0 Å². The Kier molecular flexibility index (Phi) is 9.02. The lowest BCUT2D eigenvalue weighted by Gasteiger charge is -2.46. The van der Waals surface area contributed by atoms with Gasteiger partial charge in [0.1, 0.15) is 47.6 Å². The lowest BCUT2D eigenvalue weighted by atomic mass is 9.89. The predicted molar refractivity (Wildman–Crippen MR) is 160 cm³/mol. The van der Waals surface area contributed by atoms with Crippen molar-refractivity contribution in [3.63, 3.8) is 0 Å². The van der Waals surface area contributed by atoms with Gasteiger partial charge in [-0.25, -0.2) is 9.78 Å². The van der Waals surface area contributed by atoms with Crippen LogP contribution in [0.1, 0.15) is 38.3 Å². The molecule has 0 saturated carbocycles. The second-order valence-corrected chi connectivity index (χ2v) is 11.1. The van der Waals surface area contributed by atoms with E-state index in [0.717, 1.165) is 11.3 Å². The summed E-state index contributed by atoms with van der Waals surface area (Å²) in [4.78, 5) is 26.9. The average Bonchev–Trinajstić information content (AvgIpc) is 3.47. The number of aryl methyl sites for hydroxylation is 2. The highest BCUT2D eigenvalue weighted by atomic mass is 16.7. The normalized spacial score (nSPS) is 21.8. The first-order valence-electron chi connectivity index (χ1n) is 14.1. The average molecular weight is 609 g/mol.